The van der Waals surface area contributed by atoms with E-state index in [1.54, 1.807) is 0 Å². The van der Waals surface area contributed by atoms with Crippen LogP contribution in [0.3, 0.4) is 0 Å². The number of carbonyl (C=O) groups excluding carboxylic acids is 2. The molecule has 0 atom stereocenters. The Hall–Kier alpha value is -2.79. The summed E-state index contributed by atoms with van der Waals surface area (Å²) in [6.45, 7) is 1.47. The average Bonchev–Trinajstić information content (AvgIpc) is 2.60. The van der Waals surface area contributed by atoms with E-state index in [0.29, 0.717) is 5.75 Å². The summed E-state index contributed by atoms with van der Waals surface area (Å²) in [6, 6.07) is 21.3. The summed E-state index contributed by atoms with van der Waals surface area (Å²) in [6.07, 6.45) is 0. The third-order valence-corrected chi connectivity index (χ3v) is 4.55. The number of rotatable bonds is 5. The molecule has 0 fully saturated rings. The normalized spacial score (nSPS) is 10.4. The van der Waals surface area contributed by atoms with Gasteiger partial charge in [0.1, 0.15) is 0 Å². The van der Waals surface area contributed by atoms with Crippen LogP contribution in [0.5, 0.6) is 0 Å². The lowest BCUT2D eigenvalue weighted by atomic mass is 10.1. The molecule has 0 spiro atoms. The van der Waals surface area contributed by atoms with Crippen LogP contribution in [-0.4, -0.2) is 17.6 Å². The maximum Gasteiger partial charge on any atom is 0.234 e. The van der Waals surface area contributed by atoms with Gasteiger partial charge in [0.15, 0.2) is 0 Å². The topological polar surface area (TPSA) is 58.2 Å². The number of hydrogen-bond donors (Lipinski definition) is 2. The Bertz CT molecular complexity index is 924. The molecule has 0 unspecified atom stereocenters. The van der Waals surface area contributed by atoms with Crippen LogP contribution in [0.15, 0.2) is 71.6 Å². The third-order valence-electron chi connectivity index (χ3n) is 3.56. The van der Waals surface area contributed by atoms with Crippen molar-refractivity contribution in [3.05, 3.63) is 66.7 Å². The number of anilines is 2. The minimum Gasteiger partial charge on any atom is -0.326 e. The fourth-order valence-electron chi connectivity index (χ4n) is 2.48. The van der Waals surface area contributed by atoms with Crippen LogP contribution >= 0.6 is 11.8 Å². The van der Waals surface area contributed by atoms with E-state index in [4.69, 9.17) is 0 Å². The highest BCUT2D eigenvalue weighted by Gasteiger charge is 2.05. The predicted molar refractivity (Wildman–Crippen MR) is 104 cm³/mol. The van der Waals surface area contributed by atoms with E-state index in [1.807, 2.05) is 66.7 Å². The number of benzene rings is 3. The maximum absolute atomic E-state index is 12.2. The molecule has 3 aromatic rings. The molecule has 0 radical (unpaired) electrons. The Labute approximate surface area is 150 Å². The van der Waals surface area contributed by atoms with Gasteiger partial charge >= 0.3 is 0 Å². The molecule has 5 heteroatoms. The molecule has 0 saturated carbocycles. The molecule has 0 bridgehead atoms. The SMILES string of the molecule is CC(=O)Nc1cccc(SCC(=O)Nc2ccc3ccccc3c2)c1. The Morgan fingerprint density at radius 3 is 2.40 bits per heavy atom. The molecule has 0 aliphatic carbocycles. The summed E-state index contributed by atoms with van der Waals surface area (Å²) in [4.78, 5) is 24.2. The first kappa shape index (κ1) is 17.0. The van der Waals surface area contributed by atoms with E-state index < -0.39 is 0 Å². The van der Waals surface area contributed by atoms with E-state index in [-0.39, 0.29) is 11.8 Å². The zero-order valence-electron chi connectivity index (χ0n) is 13.8. The van der Waals surface area contributed by atoms with Gasteiger partial charge in [-0.3, -0.25) is 9.59 Å². The Kier molecular flexibility index (Phi) is 5.36. The Balaban J connectivity index is 1.59. The van der Waals surface area contributed by atoms with Gasteiger partial charge in [-0.25, -0.2) is 0 Å². The molecule has 3 rings (SSSR count). The number of nitrogens with one attached hydrogen (secondary N) is 2. The molecule has 4 nitrogen and oxygen atoms in total. The number of hydrogen-bond acceptors (Lipinski definition) is 3. The van der Waals surface area contributed by atoms with E-state index in [0.717, 1.165) is 27.0 Å². The van der Waals surface area contributed by atoms with Gasteiger partial charge in [-0.2, -0.15) is 0 Å². The van der Waals surface area contributed by atoms with Crippen molar-refractivity contribution in [3.63, 3.8) is 0 Å². The van der Waals surface area contributed by atoms with Crippen LogP contribution in [0.25, 0.3) is 10.8 Å². The lowest BCUT2D eigenvalue weighted by Crippen LogP contribution is -2.13. The van der Waals surface area contributed by atoms with E-state index in [2.05, 4.69) is 10.6 Å². The molecule has 25 heavy (non-hydrogen) atoms. The van der Waals surface area contributed by atoms with Gasteiger partial charge in [0.25, 0.3) is 0 Å². The molecular formula is C20H18N2O2S. The van der Waals surface area contributed by atoms with Gasteiger partial charge < -0.3 is 10.6 Å². The minimum absolute atomic E-state index is 0.0646. The minimum atomic E-state index is -0.115. The van der Waals surface area contributed by atoms with Crippen molar-refractivity contribution < 1.29 is 9.59 Å². The molecule has 3 aromatic carbocycles. The van der Waals surface area contributed by atoms with Gasteiger partial charge in [-0.1, -0.05) is 36.4 Å². The molecule has 0 saturated heterocycles. The van der Waals surface area contributed by atoms with Crippen LogP contribution in [0.2, 0.25) is 0 Å². The van der Waals surface area contributed by atoms with Crippen molar-refractivity contribution in [2.45, 2.75) is 11.8 Å². The summed E-state index contributed by atoms with van der Waals surface area (Å²) < 4.78 is 0. The number of carbonyl (C=O) groups is 2. The van der Waals surface area contributed by atoms with Crippen molar-refractivity contribution in [2.24, 2.45) is 0 Å². The summed E-state index contributed by atoms with van der Waals surface area (Å²) in [5.41, 5.74) is 1.52. The highest BCUT2D eigenvalue weighted by Crippen LogP contribution is 2.23. The molecule has 0 aromatic heterocycles. The average molecular weight is 350 g/mol. The second kappa shape index (κ2) is 7.85. The highest BCUT2D eigenvalue weighted by atomic mass is 32.2. The molecule has 2 amide bonds. The van der Waals surface area contributed by atoms with Crippen LogP contribution in [0.4, 0.5) is 11.4 Å². The van der Waals surface area contributed by atoms with E-state index >= 15 is 0 Å². The van der Waals surface area contributed by atoms with E-state index in [1.165, 1.54) is 18.7 Å². The number of thioether (sulfide) groups is 1. The second-order valence-electron chi connectivity index (χ2n) is 5.61. The van der Waals surface area contributed by atoms with Gasteiger partial charge in [-0.15, -0.1) is 11.8 Å². The van der Waals surface area contributed by atoms with Crippen molar-refractivity contribution in [1.82, 2.24) is 0 Å². The summed E-state index contributed by atoms with van der Waals surface area (Å²) >= 11 is 1.43. The molecule has 126 valence electrons. The first-order valence-electron chi connectivity index (χ1n) is 7.89. The van der Waals surface area contributed by atoms with Crippen molar-refractivity contribution in [3.8, 4) is 0 Å². The first-order chi connectivity index (χ1) is 12.1. The molecule has 0 aliphatic heterocycles. The number of fused-ring (bicyclic) bond motifs is 1. The van der Waals surface area contributed by atoms with Crippen molar-refractivity contribution >= 4 is 45.7 Å². The quantitative estimate of drug-likeness (QED) is 0.665. The predicted octanol–water partition coefficient (Wildman–Crippen LogP) is 4.53. The second-order valence-corrected chi connectivity index (χ2v) is 6.66. The summed E-state index contributed by atoms with van der Waals surface area (Å²) in [5, 5.41) is 7.90. The van der Waals surface area contributed by atoms with Crippen LogP contribution in [0, 0.1) is 0 Å². The fraction of sp³-hybridized carbons (Fsp3) is 0.100. The Morgan fingerprint density at radius 2 is 1.60 bits per heavy atom. The van der Waals surface area contributed by atoms with Crippen LogP contribution in [0.1, 0.15) is 6.92 Å². The van der Waals surface area contributed by atoms with Gasteiger partial charge in [0, 0.05) is 23.2 Å². The monoisotopic (exact) mass is 350 g/mol. The van der Waals surface area contributed by atoms with Crippen LogP contribution in [-0.2, 0) is 9.59 Å². The van der Waals surface area contributed by atoms with Gasteiger partial charge in [0.2, 0.25) is 11.8 Å². The van der Waals surface area contributed by atoms with E-state index in [9.17, 15) is 9.59 Å². The van der Waals surface area contributed by atoms with Crippen molar-refractivity contribution in [1.29, 1.82) is 0 Å². The van der Waals surface area contributed by atoms with Gasteiger partial charge in [-0.05, 0) is 41.1 Å². The smallest absolute Gasteiger partial charge is 0.234 e. The zero-order chi connectivity index (χ0) is 17.6. The zero-order valence-corrected chi connectivity index (χ0v) is 14.6. The highest BCUT2D eigenvalue weighted by molar-refractivity contribution is 8.00. The van der Waals surface area contributed by atoms with Gasteiger partial charge in [0.05, 0.1) is 5.75 Å². The first-order valence-corrected chi connectivity index (χ1v) is 8.88. The maximum atomic E-state index is 12.2. The Morgan fingerprint density at radius 1 is 0.840 bits per heavy atom. The molecule has 0 aliphatic rings. The van der Waals surface area contributed by atoms with Crippen molar-refractivity contribution in [2.75, 3.05) is 16.4 Å². The number of amides is 2. The molecule has 2 N–H and O–H groups in total. The summed E-state index contributed by atoms with van der Waals surface area (Å²) in [7, 11) is 0. The van der Waals surface area contributed by atoms with Crippen LogP contribution < -0.4 is 10.6 Å². The largest absolute Gasteiger partial charge is 0.326 e. The lowest BCUT2D eigenvalue weighted by molar-refractivity contribution is -0.114. The molecule has 0 heterocycles. The fourth-order valence-corrected chi connectivity index (χ4v) is 3.23. The summed E-state index contributed by atoms with van der Waals surface area (Å²) in [5.74, 6) is 0.123. The standard InChI is InChI=1S/C20H18N2O2S/c1-14(23)21-17-7-4-8-19(12-17)25-13-20(24)22-18-10-9-15-5-2-3-6-16(15)11-18/h2-12H,13H2,1H3,(H,21,23)(H,22,24). The third kappa shape index (κ3) is 4.84. The lowest BCUT2D eigenvalue weighted by Gasteiger charge is -2.08. The molecular weight excluding hydrogens is 332 g/mol.